The first-order chi connectivity index (χ1) is 10.6. The van der Waals surface area contributed by atoms with Gasteiger partial charge in [0.2, 0.25) is 5.95 Å². The fourth-order valence-electron chi connectivity index (χ4n) is 2.32. The SMILES string of the molecule is CC(C)n1cc(C(=O)Nc2ncn[nH]2)c2ccccc2c1=O. The smallest absolute Gasteiger partial charge is 0.260 e. The number of hydrogen-bond donors (Lipinski definition) is 2. The number of rotatable bonds is 3. The van der Waals surface area contributed by atoms with Gasteiger partial charge in [0.25, 0.3) is 11.5 Å². The van der Waals surface area contributed by atoms with Crippen molar-refractivity contribution in [3.8, 4) is 0 Å². The van der Waals surface area contributed by atoms with E-state index in [4.69, 9.17) is 0 Å². The van der Waals surface area contributed by atoms with Crippen LogP contribution in [0, 0.1) is 0 Å². The zero-order valence-corrected chi connectivity index (χ0v) is 12.2. The van der Waals surface area contributed by atoms with Crippen LogP contribution in [0.4, 0.5) is 5.95 Å². The number of aromatic amines is 1. The van der Waals surface area contributed by atoms with Gasteiger partial charge in [0.1, 0.15) is 6.33 Å². The number of anilines is 1. The molecule has 0 aliphatic rings. The molecule has 2 heterocycles. The maximum atomic E-state index is 12.5. The number of hydrogen-bond acceptors (Lipinski definition) is 4. The number of carbonyl (C=O) groups excluding carboxylic acids is 1. The van der Waals surface area contributed by atoms with E-state index >= 15 is 0 Å². The molecule has 1 amide bonds. The second-order valence-corrected chi connectivity index (χ2v) is 5.18. The lowest BCUT2D eigenvalue weighted by atomic mass is 10.1. The molecule has 0 bridgehead atoms. The van der Waals surface area contributed by atoms with Crippen molar-refractivity contribution in [3.05, 3.63) is 52.7 Å². The first-order valence-electron chi connectivity index (χ1n) is 6.88. The van der Waals surface area contributed by atoms with Crippen LogP contribution in [-0.2, 0) is 0 Å². The predicted molar refractivity (Wildman–Crippen MR) is 82.9 cm³/mol. The summed E-state index contributed by atoms with van der Waals surface area (Å²) in [6.07, 6.45) is 2.89. The monoisotopic (exact) mass is 297 g/mol. The van der Waals surface area contributed by atoms with Crippen molar-refractivity contribution < 1.29 is 4.79 Å². The average Bonchev–Trinajstić information content (AvgIpc) is 3.00. The molecule has 0 aliphatic heterocycles. The molecule has 0 atom stereocenters. The van der Waals surface area contributed by atoms with Crippen LogP contribution in [0.3, 0.4) is 0 Å². The number of H-pyrrole nitrogens is 1. The highest BCUT2D eigenvalue weighted by Crippen LogP contribution is 2.18. The average molecular weight is 297 g/mol. The van der Waals surface area contributed by atoms with Gasteiger partial charge in [-0.05, 0) is 19.9 Å². The van der Waals surface area contributed by atoms with E-state index in [1.807, 2.05) is 13.8 Å². The quantitative estimate of drug-likeness (QED) is 0.772. The maximum absolute atomic E-state index is 12.5. The van der Waals surface area contributed by atoms with Crippen molar-refractivity contribution in [3.63, 3.8) is 0 Å². The summed E-state index contributed by atoms with van der Waals surface area (Å²) < 4.78 is 1.55. The third kappa shape index (κ3) is 2.37. The van der Waals surface area contributed by atoms with Crippen LogP contribution in [0.15, 0.2) is 41.6 Å². The Morgan fingerprint density at radius 2 is 2.00 bits per heavy atom. The fraction of sp³-hybridized carbons (Fsp3) is 0.200. The molecule has 7 nitrogen and oxygen atoms in total. The summed E-state index contributed by atoms with van der Waals surface area (Å²) >= 11 is 0. The third-order valence-electron chi connectivity index (χ3n) is 3.40. The van der Waals surface area contributed by atoms with Crippen molar-refractivity contribution in [1.29, 1.82) is 0 Å². The number of carbonyl (C=O) groups is 1. The number of nitrogens with zero attached hydrogens (tertiary/aromatic N) is 3. The molecule has 1 aromatic carbocycles. The third-order valence-corrected chi connectivity index (χ3v) is 3.40. The summed E-state index contributed by atoms with van der Waals surface area (Å²) in [5.41, 5.74) is 0.308. The van der Waals surface area contributed by atoms with Gasteiger partial charge >= 0.3 is 0 Å². The van der Waals surface area contributed by atoms with E-state index in [-0.39, 0.29) is 23.5 Å². The first kappa shape index (κ1) is 14.0. The van der Waals surface area contributed by atoms with Crippen LogP contribution >= 0.6 is 0 Å². The highest BCUT2D eigenvalue weighted by Gasteiger charge is 2.16. The molecule has 0 spiro atoms. The van der Waals surface area contributed by atoms with Gasteiger partial charge in [-0.2, -0.15) is 10.1 Å². The van der Waals surface area contributed by atoms with Gasteiger partial charge in [0.05, 0.1) is 5.56 Å². The highest BCUT2D eigenvalue weighted by molar-refractivity contribution is 6.12. The van der Waals surface area contributed by atoms with Crippen LogP contribution < -0.4 is 10.9 Å². The first-order valence-corrected chi connectivity index (χ1v) is 6.88. The lowest BCUT2D eigenvalue weighted by Crippen LogP contribution is -2.25. The Hall–Kier alpha value is -2.96. The topological polar surface area (TPSA) is 92.7 Å². The second-order valence-electron chi connectivity index (χ2n) is 5.18. The number of fused-ring (bicyclic) bond motifs is 1. The Balaban J connectivity index is 2.17. The molecule has 2 N–H and O–H groups in total. The largest absolute Gasteiger partial charge is 0.312 e. The van der Waals surface area contributed by atoms with E-state index in [9.17, 15) is 9.59 Å². The number of benzene rings is 1. The zero-order valence-electron chi connectivity index (χ0n) is 12.2. The van der Waals surface area contributed by atoms with Gasteiger partial charge in [0.15, 0.2) is 0 Å². The van der Waals surface area contributed by atoms with Gasteiger partial charge < -0.3 is 4.57 Å². The minimum atomic E-state index is -0.345. The van der Waals surface area contributed by atoms with Gasteiger partial charge in [-0.1, -0.05) is 18.2 Å². The summed E-state index contributed by atoms with van der Waals surface area (Å²) in [5, 5.41) is 10.0. The van der Waals surface area contributed by atoms with Crippen molar-refractivity contribution in [2.45, 2.75) is 19.9 Å². The summed E-state index contributed by atoms with van der Waals surface area (Å²) in [5.74, 6) is -0.0845. The Kier molecular flexibility index (Phi) is 3.46. The minimum Gasteiger partial charge on any atom is -0.312 e. The number of pyridine rings is 1. The van der Waals surface area contributed by atoms with Crippen molar-refractivity contribution in [2.24, 2.45) is 0 Å². The zero-order chi connectivity index (χ0) is 15.7. The second kappa shape index (κ2) is 5.44. The van der Waals surface area contributed by atoms with Crippen LogP contribution in [0.25, 0.3) is 10.8 Å². The van der Waals surface area contributed by atoms with Gasteiger partial charge in [-0.15, -0.1) is 0 Å². The van der Waals surface area contributed by atoms with E-state index in [0.29, 0.717) is 16.3 Å². The summed E-state index contributed by atoms with van der Waals surface area (Å²) in [6, 6.07) is 7.02. The van der Waals surface area contributed by atoms with E-state index in [1.54, 1.807) is 35.0 Å². The molecular formula is C15H15N5O2. The van der Waals surface area contributed by atoms with Crippen molar-refractivity contribution >= 4 is 22.6 Å². The molecule has 3 rings (SSSR count). The molecule has 3 aromatic rings. The Labute approximate surface area is 126 Å². The molecule has 7 heteroatoms. The minimum absolute atomic E-state index is 0.0473. The number of nitrogens with one attached hydrogen (secondary N) is 2. The summed E-state index contributed by atoms with van der Waals surface area (Å²) in [7, 11) is 0. The van der Waals surface area contributed by atoms with Crippen LogP contribution in [0.2, 0.25) is 0 Å². The van der Waals surface area contributed by atoms with Crippen LogP contribution in [0.1, 0.15) is 30.2 Å². The predicted octanol–water partition coefficient (Wildman–Crippen LogP) is 1.95. The molecule has 0 fully saturated rings. The standard InChI is InChI=1S/C15H15N5O2/c1-9(2)20-7-12(13(21)18-15-16-8-17-19-15)10-5-3-4-6-11(10)14(20)22/h3-9H,1-2H3,(H2,16,17,18,19,21). The molecule has 0 radical (unpaired) electrons. The Bertz CT molecular complexity index is 881. The lowest BCUT2D eigenvalue weighted by molar-refractivity contribution is 0.102. The van der Waals surface area contributed by atoms with E-state index in [1.165, 1.54) is 6.33 Å². The van der Waals surface area contributed by atoms with E-state index in [0.717, 1.165) is 0 Å². The van der Waals surface area contributed by atoms with E-state index < -0.39 is 0 Å². The fourth-order valence-corrected chi connectivity index (χ4v) is 2.32. The highest BCUT2D eigenvalue weighted by atomic mass is 16.2. The van der Waals surface area contributed by atoms with E-state index in [2.05, 4.69) is 20.5 Å². The van der Waals surface area contributed by atoms with Gasteiger partial charge in [-0.3, -0.25) is 14.9 Å². The van der Waals surface area contributed by atoms with Gasteiger partial charge in [0, 0.05) is 23.0 Å². The normalized spacial score (nSPS) is 11.0. The lowest BCUT2D eigenvalue weighted by Gasteiger charge is -2.14. The molecule has 0 saturated heterocycles. The summed E-state index contributed by atoms with van der Waals surface area (Å²) in [6.45, 7) is 3.79. The Morgan fingerprint density at radius 1 is 1.27 bits per heavy atom. The van der Waals surface area contributed by atoms with Crippen molar-refractivity contribution in [2.75, 3.05) is 5.32 Å². The maximum Gasteiger partial charge on any atom is 0.260 e. The molecule has 2 aromatic heterocycles. The molecule has 0 aliphatic carbocycles. The van der Waals surface area contributed by atoms with Crippen LogP contribution in [0.5, 0.6) is 0 Å². The molecule has 0 saturated carbocycles. The molecular weight excluding hydrogens is 282 g/mol. The summed E-state index contributed by atoms with van der Waals surface area (Å²) in [4.78, 5) is 28.8. The van der Waals surface area contributed by atoms with Crippen molar-refractivity contribution in [1.82, 2.24) is 19.7 Å². The number of amides is 1. The molecule has 112 valence electrons. The molecule has 22 heavy (non-hydrogen) atoms. The number of aromatic nitrogens is 4. The van der Waals surface area contributed by atoms with Crippen LogP contribution in [-0.4, -0.2) is 25.7 Å². The molecule has 0 unspecified atom stereocenters. The van der Waals surface area contributed by atoms with Gasteiger partial charge in [-0.25, -0.2) is 5.10 Å². The Morgan fingerprint density at radius 3 is 2.64 bits per heavy atom.